The molecule has 2 aromatic carbocycles. The van der Waals surface area contributed by atoms with Crippen molar-refractivity contribution in [3.05, 3.63) is 52.0 Å². The maximum atomic E-state index is 11.2. The van der Waals surface area contributed by atoms with Crippen LogP contribution in [-0.4, -0.2) is 13.4 Å². The summed E-state index contributed by atoms with van der Waals surface area (Å²) in [6.45, 7) is 4.04. The third-order valence-electron chi connectivity index (χ3n) is 3.26. The van der Waals surface area contributed by atoms with Gasteiger partial charge in [0.05, 0.1) is 7.11 Å². The van der Waals surface area contributed by atoms with Gasteiger partial charge in [-0.2, -0.15) is 0 Å². The van der Waals surface area contributed by atoms with Crippen molar-refractivity contribution in [3.8, 4) is 16.9 Å². The number of methoxy groups -OCH3 is 1. The number of hydrogen-bond donors (Lipinski definition) is 0. The molecule has 0 saturated heterocycles. The topological polar surface area (TPSA) is 26.3 Å². The number of rotatable bonds is 3. The van der Waals surface area contributed by atoms with Crippen molar-refractivity contribution in [3.63, 3.8) is 0 Å². The van der Waals surface area contributed by atoms with Gasteiger partial charge in [-0.25, -0.2) is 0 Å². The number of carbonyl (C=O) groups excluding carboxylic acids is 1. The molecule has 0 spiro atoms. The van der Waals surface area contributed by atoms with Crippen LogP contribution >= 0.6 is 11.6 Å². The molecule has 0 fully saturated rings. The zero-order valence-corrected chi connectivity index (χ0v) is 11.9. The summed E-state index contributed by atoms with van der Waals surface area (Å²) in [6, 6.07) is 9.33. The number of hydrogen-bond acceptors (Lipinski definition) is 2. The molecule has 98 valence electrons. The molecule has 0 amide bonds. The third kappa shape index (κ3) is 2.64. The summed E-state index contributed by atoms with van der Waals surface area (Å²) in [7, 11) is 1.58. The van der Waals surface area contributed by atoms with Gasteiger partial charge in [-0.15, -0.1) is 0 Å². The quantitative estimate of drug-likeness (QED) is 0.773. The lowest BCUT2D eigenvalue weighted by Crippen LogP contribution is -1.93. The SMILES string of the molecule is COc1ccc(-c2cc(C)c(C)cc2Cl)c(C=O)c1. The normalized spacial score (nSPS) is 10.3. The van der Waals surface area contributed by atoms with Gasteiger partial charge >= 0.3 is 0 Å². The van der Waals surface area contributed by atoms with E-state index in [9.17, 15) is 4.79 Å². The van der Waals surface area contributed by atoms with Crippen molar-refractivity contribution in [2.75, 3.05) is 7.11 Å². The minimum atomic E-state index is 0.574. The smallest absolute Gasteiger partial charge is 0.150 e. The van der Waals surface area contributed by atoms with Crippen LogP contribution in [0.4, 0.5) is 0 Å². The van der Waals surface area contributed by atoms with E-state index in [0.717, 1.165) is 28.5 Å². The van der Waals surface area contributed by atoms with Crippen molar-refractivity contribution in [1.82, 2.24) is 0 Å². The Bertz CT molecular complexity index is 633. The van der Waals surface area contributed by atoms with Crippen LogP contribution in [0.25, 0.3) is 11.1 Å². The first-order valence-electron chi connectivity index (χ1n) is 5.97. The minimum absolute atomic E-state index is 0.574. The lowest BCUT2D eigenvalue weighted by atomic mass is 9.96. The first-order valence-corrected chi connectivity index (χ1v) is 6.35. The zero-order valence-electron chi connectivity index (χ0n) is 11.2. The van der Waals surface area contributed by atoms with E-state index in [1.165, 1.54) is 0 Å². The molecule has 0 bridgehead atoms. The maximum Gasteiger partial charge on any atom is 0.150 e. The summed E-state index contributed by atoms with van der Waals surface area (Å²) in [5.41, 5.74) is 4.55. The average molecular weight is 275 g/mol. The van der Waals surface area contributed by atoms with E-state index in [0.29, 0.717) is 16.3 Å². The lowest BCUT2D eigenvalue weighted by Gasteiger charge is -2.11. The second kappa shape index (κ2) is 5.45. The summed E-state index contributed by atoms with van der Waals surface area (Å²) < 4.78 is 5.13. The largest absolute Gasteiger partial charge is 0.497 e. The fourth-order valence-corrected chi connectivity index (χ4v) is 2.32. The molecule has 2 nitrogen and oxygen atoms in total. The van der Waals surface area contributed by atoms with Gasteiger partial charge < -0.3 is 4.74 Å². The molecule has 3 heteroatoms. The molecule has 0 atom stereocenters. The van der Waals surface area contributed by atoms with E-state index in [4.69, 9.17) is 16.3 Å². The molecule has 0 aromatic heterocycles. The van der Waals surface area contributed by atoms with Crippen LogP contribution in [0.5, 0.6) is 5.75 Å². The Morgan fingerprint density at radius 1 is 1.05 bits per heavy atom. The monoisotopic (exact) mass is 274 g/mol. The van der Waals surface area contributed by atoms with Crippen molar-refractivity contribution in [2.24, 2.45) is 0 Å². The molecule has 0 aliphatic heterocycles. The number of benzene rings is 2. The molecular weight excluding hydrogens is 260 g/mol. The van der Waals surface area contributed by atoms with Gasteiger partial charge in [0, 0.05) is 16.1 Å². The highest BCUT2D eigenvalue weighted by Crippen LogP contribution is 2.33. The van der Waals surface area contributed by atoms with E-state index < -0.39 is 0 Å². The standard InChI is InChI=1S/C16H15ClO2/c1-10-6-15(16(17)7-11(10)2)14-5-4-13(19-3)8-12(14)9-18/h4-9H,1-3H3. The Morgan fingerprint density at radius 3 is 2.37 bits per heavy atom. The first kappa shape index (κ1) is 13.6. The Labute approximate surface area is 118 Å². The number of aldehydes is 1. The zero-order chi connectivity index (χ0) is 14.0. The Balaban J connectivity index is 2.65. The summed E-state index contributed by atoms with van der Waals surface area (Å²) in [5, 5.41) is 0.649. The maximum absolute atomic E-state index is 11.2. The molecule has 0 heterocycles. The molecule has 19 heavy (non-hydrogen) atoms. The summed E-state index contributed by atoms with van der Waals surface area (Å²) in [5.74, 6) is 0.658. The molecular formula is C16H15ClO2. The van der Waals surface area contributed by atoms with Crippen LogP contribution < -0.4 is 4.74 Å². The first-order chi connectivity index (χ1) is 9.06. The predicted octanol–water partition coefficient (Wildman–Crippen LogP) is 4.44. The third-order valence-corrected chi connectivity index (χ3v) is 3.57. The van der Waals surface area contributed by atoms with Crippen LogP contribution in [0.1, 0.15) is 21.5 Å². The van der Waals surface area contributed by atoms with E-state index in [1.54, 1.807) is 13.2 Å². The Hall–Kier alpha value is -1.80. The van der Waals surface area contributed by atoms with Crippen LogP contribution in [0, 0.1) is 13.8 Å². The number of carbonyl (C=O) groups is 1. The molecule has 2 aromatic rings. The van der Waals surface area contributed by atoms with Crippen molar-refractivity contribution < 1.29 is 9.53 Å². The molecule has 0 saturated carbocycles. The van der Waals surface area contributed by atoms with Gasteiger partial charge in [0.2, 0.25) is 0 Å². The van der Waals surface area contributed by atoms with E-state index in [1.807, 2.05) is 38.1 Å². The van der Waals surface area contributed by atoms with E-state index in [-0.39, 0.29) is 0 Å². The Morgan fingerprint density at radius 2 is 1.74 bits per heavy atom. The molecule has 0 N–H and O–H groups in total. The second-order valence-electron chi connectivity index (χ2n) is 4.49. The van der Waals surface area contributed by atoms with Gasteiger partial charge in [-0.05, 0) is 60.9 Å². The molecule has 2 rings (SSSR count). The fraction of sp³-hybridized carbons (Fsp3) is 0.188. The number of aryl methyl sites for hydroxylation is 2. The highest BCUT2D eigenvalue weighted by atomic mass is 35.5. The number of ether oxygens (including phenoxy) is 1. The van der Waals surface area contributed by atoms with E-state index >= 15 is 0 Å². The van der Waals surface area contributed by atoms with Gasteiger partial charge in [-0.1, -0.05) is 11.6 Å². The van der Waals surface area contributed by atoms with Crippen LogP contribution in [-0.2, 0) is 0 Å². The van der Waals surface area contributed by atoms with Crippen LogP contribution in [0.3, 0.4) is 0 Å². The van der Waals surface area contributed by atoms with Crippen LogP contribution in [0.2, 0.25) is 5.02 Å². The average Bonchev–Trinajstić information content (AvgIpc) is 2.42. The summed E-state index contributed by atoms with van der Waals surface area (Å²) >= 11 is 6.29. The molecule has 0 radical (unpaired) electrons. The van der Waals surface area contributed by atoms with Crippen molar-refractivity contribution in [1.29, 1.82) is 0 Å². The van der Waals surface area contributed by atoms with Gasteiger partial charge in [-0.3, -0.25) is 4.79 Å². The molecule has 0 aliphatic rings. The lowest BCUT2D eigenvalue weighted by molar-refractivity contribution is 0.112. The predicted molar refractivity (Wildman–Crippen MR) is 78.3 cm³/mol. The highest BCUT2D eigenvalue weighted by molar-refractivity contribution is 6.33. The van der Waals surface area contributed by atoms with Crippen molar-refractivity contribution >= 4 is 17.9 Å². The van der Waals surface area contributed by atoms with Crippen molar-refractivity contribution in [2.45, 2.75) is 13.8 Å². The summed E-state index contributed by atoms with van der Waals surface area (Å²) in [6.07, 6.45) is 0.823. The van der Waals surface area contributed by atoms with Gasteiger partial charge in [0.25, 0.3) is 0 Å². The Kier molecular flexibility index (Phi) is 3.91. The fourth-order valence-electron chi connectivity index (χ4n) is 2.00. The number of halogens is 1. The van der Waals surface area contributed by atoms with E-state index in [2.05, 4.69) is 0 Å². The van der Waals surface area contributed by atoms with Gasteiger partial charge in [0.15, 0.2) is 6.29 Å². The van der Waals surface area contributed by atoms with Crippen LogP contribution in [0.15, 0.2) is 30.3 Å². The molecule has 0 aliphatic carbocycles. The summed E-state index contributed by atoms with van der Waals surface area (Å²) in [4.78, 5) is 11.2. The van der Waals surface area contributed by atoms with Gasteiger partial charge in [0.1, 0.15) is 5.75 Å². The minimum Gasteiger partial charge on any atom is -0.497 e. The molecule has 0 unspecified atom stereocenters. The highest BCUT2D eigenvalue weighted by Gasteiger charge is 2.11. The second-order valence-corrected chi connectivity index (χ2v) is 4.89.